The van der Waals surface area contributed by atoms with Gasteiger partial charge in [-0.2, -0.15) is 0 Å². The van der Waals surface area contributed by atoms with Crippen LogP contribution in [-0.2, 0) is 28.6 Å². The molecule has 3 atom stereocenters. The quantitative estimate of drug-likeness (QED) is 0.0564. The van der Waals surface area contributed by atoms with Crippen LogP contribution in [0.2, 0.25) is 0 Å². The number of carbonyl (C=O) groups excluding carboxylic acids is 4. The molecule has 19 heteroatoms. The van der Waals surface area contributed by atoms with E-state index in [4.69, 9.17) is 19.9 Å². The number of nitrogens with one attached hydrogen (secondary N) is 1. The predicted molar refractivity (Wildman–Crippen MR) is 160 cm³/mol. The van der Waals surface area contributed by atoms with Crippen LogP contribution in [0.5, 0.6) is 0 Å². The molecule has 232 valence electrons. The van der Waals surface area contributed by atoms with Gasteiger partial charge in [-0.05, 0) is 25.3 Å². The Morgan fingerprint density at radius 1 is 1.26 bits per heavy atom. The molecule has 1 saturated heterocycles. The number of fused-ring (bicyclic) bond motifs is 1. The molecule has 2 aromatic rings. The molecule has 0 spiro atoms. The fourth-order valence-corrected chi connectivity index (χ4v) is 7.92. The molecule has 4 heterocycles. The van der Waals surface area contributed by atoms with E-state index in [1.807, 2.05) is 20.8 Å². The molecule has 1 unspecified atom stereocenters. The second-order valence-corrected chi connectivity index (χ2v) is 13.5. The number of nitrogen functional groups attached to an aromatic ring is 1. The van der Waals surface area contributed by atoms with E-state index in [1.165, 1.54) is 52.1 Å². The van der Waals surface area contributed by atoms with Crippen molar-refractivity contribution >= 4 is 81.0 Å². The number of amides is 2. The van der Waals surface area contributed by atoms with Crippen LogP contribution < -0.4 is 11.1 Å². The van der Waals surface area contributed by atoms with Crippen LogP contribution in [0.3, 0.4) is 0 Å². The van der Waals surface area contributed by atoms with Crippen molar-refractivity contribution in [2.24, 2.45) is 5.16 Å². The number of β-lactam (4-membered cyclic amide) rings is 1. The van der Waals surface area contributed by atoms with Gasteiger partial charge in [0, 0.05) is 23.8 Å². The molecular formula is C24H29N7O8S4. The minimum atomic E-state index is -1.31. The van der Waals surface area contributed by atoms with Gasteiger partial charge in [0.2, 0.25) is 6.29 Å². The van der Waals surface area contributed by atoms with Gasteiger partial charge in [-0.25, -0.2) is 14.6 Å². The van der Waals surface area contributed by atoms with Crippen molar-refractivity contribution < 1.29 is 38.6 Å². The maximum absolute atomic E-state index is 13.4. The minimum Gasteiger partial charge on any atom is -0.431 e. The number of ether oxygens (including phenoxy) is 3. The Hall–Kier alpha value is -3.42. The van der Waals surface area contributed by atoms with Crippen LogP contribution in [-0.4, -0.2) is 90.3 Å². The molecule has 2 aliphatic heterocycles. The van der Waals surface area contributed by atoms with Gasteiger partial charge in [0.1, 0.15) is 33.9 Å². The van der Waals surface area contributed by atoms with E-state index in [2.05, 4.69) is 25.7 Å². The number of aromatic nitrogens is 3. The molecule has 4 N–H and O–H groups in total. The summed E-state index contributed by atoms with van der Waals surface area (Å²) < 4.78 is 16.4. The first-order valence-electron chi connectivity index (χ1n) is 13.0. The first-order valence-corrected chi connectivity index (χ1v) is 16.7. The molecule has 2 aromatic heterocycles. The molecule has 4 rings (SSSR count). The van der Waals surface area contributed by atoms with Crippen LogP contribution >= 0.6 is 46.2 Å². The first-order chi connectivity index (χ1) is 20.6. The number of aryl methyl sites for hydroxylation is 1. The van der Waals surface area contributed by atoms with Gasteiger partial charge in [0.15, 0.2) is 15.2 Å². The van der Waals surface area contributed by atoms with E-state index in [0.717, 1.165) is 16.3 Å². The van der Waals surface area contributed by atoms with Gasteiger partial charge in [-0.1, -0.05) is 42.1 Å². The molecule has 2 amide bonds. The van der Waals surface area contributed by atoms with Crippen LogP contribution in [0.15, 0.2) is 26.1 Å². The van der Waals surface area contributed by atoms with Gasteiger partial charge in [-0.3, -0.25) is 14.5 Å². The summed E-state index contributed by atoms with van der Waals surface area (Å²) in [5.41, 5.74) is 5.83. The van der Waals surface area contributed by atoms with Gasteiger partial charge < -0.3 is 30.5 Å². The van der Waals surface area contributed by atoms with Gasteiger partial charge in [-0.15, -0.1) is 33.3 Å². The molecule has 0 saturated carbocycles. The molecule has 43 heavy (non-hydrogen) atoms. The number of esters is 1. The summed E-state index contributed by atoms with van der Waals surface area (Å²) >= 11 is 5.13. The fraction of sp³-hybridized carbons (Fsp3) is 0.500. The zero-order chi connectivity index (χ0) is 31.3. The third-order valence-corrected chi connectivity index (χ3v) is 10.3. The third kappa shape index (κ3) is 7.57. The van der Waals surface area contributed by atoms with Crippen molar-refractivity contribution in [3.05, 3.63) is 27.4 Å². The number of oxime groups is 1. The molecule has 0 radical (unpaired) electrons. The van der Waals surface area contributed by atoms with Crippen molar-refractivity contribution in [3.8, 4) is 0 Å². The Kier molecular flexibility index (Phi) is 10.9. The molecule has 2 aliphatic rings. The zero-order valence-corrected chi connectivity index (χ0v) is 26.7. The monoisotopic (exact) mass is 671 g/mol. The Morgan fingerprint density at radius 3 is 2.60 bits per heavy atom. The summed E-state index contributed by atoms with van der Waals surface area (Å²) in [5.74, 6) is -1.68. The average molecular weight is 672 g/mol. The Balaban J connectivity index is 1.50. The summed E-state index contributed by atoms with van der Waals surface area (Å²) in [5, 5.41) is 24.8. The molecule has 0 aromatic carbocycles. The number of rotatable bonds is 12. The van der Waals surface area contributed by atoms with Crippen molar-refractivity contribution in [1.29, 1.82) is 0 Å². The Labute approximate surface area is 262 Å². The van der Waals surface area contributed by atoms with Crippen molar-refractivity contribution in [3.63, 3.8) is 0 Å². The smallest absolute Gasteiger partial charge is 0.431 e. The zero-order valence-electron chi connectivity index (χ0n) is 23.5. The molecule has 0 bridgehead atoms. The lowest BCUT2D eigenvalue weighted by atomic mass is 10.0. The largest absolute Gasteiger partial charge is 0.511 e. The maximum atomic E-state index is 13.4. The average Bonchev–Trinajstić information content (AvgIpc) is 3.60. The third-order valence-electron chi connectivity index (χ3n) is 6.19. The van der Waals surface area contributed by atoms with E-state index >= 15 is 0 Å². The molecule has 0 aliphatic carbocycles. The van der Waals surface area contributed by atoms with Gasteiger partial charge in [0.25, 0.3) is 11.8 Å². The second-order valence-electron chi connectivity index (χ2n) is 9.11. The van der Waals surface area contributed by atoms with E-state index in [1.54, 1.807) is 0 Å². The van der Waals surface area contributed by atoms with Crippen LogP contribution in [0.4, 0.5) is 9.93 Å². The van der Waals surface area contributed by atoms with Crippen molar-refractivity contribution in [2.45, 2.75) is 68.7 Å². The maximum Gasteiger partial charge on any atom is 0.511 e. The second kappa shape index (κ2) is 14.4. The highest BCUT2D eigenvalue weighted by Crippen LogP contribution is 2.42. The summed E-state index contributed by atoms with van der Waals surface area (Å²) in [6, 6.07) is -1.03. The van der Waals surface area contributed by atoms with Crippen LogP contribution in [0.25, 0.3) is 0 Å². The number of nitrogens with zero attached hydrogens (tertiary/aromatic N) is 5. The number of thioether (sulfide) groups is 2. The summed E-state index contributed by atoms with van der Waals surface area (Å²) in [7, 11) is 0. The number of anilines is 1. The van der Waals surface area contributed by atoms with E-state index in [0.29, 0.717) is 34.3 Å². The van der Waals surface area contributed by atoms with Crippen molar-refractivity contribution in [2.75, 3.05) is 17.2 Å². The molecular weight excluding hydrogens is 643 g/mol. The van der Waals surface area contributed by atoms with E-state index < -0.39 is 47.4 Å². The first kappa shape index (κ1) is 32.5. The lowest BCUT2D eigenvalue weighted by molar-refractivity contribution is -0.169. The van der Waals surface area contributed by atoms with E-state index in [9.17, 15) is 24.4 Å². The van der Waals surface area contributed by atoms with Gasteiger partial charge >= 0.3 is 12.1 Å². The standard InChI is InChI=1S/C24H29N7O8S4/c1-5-13(6-2)39-24(35)38-11(4)37-21(34)17-12(8-42-23-29-28-10(3)43-23)7-40-20-16(19(33)31(17)20)27-18(32)15(30-36)14-9-41-22(25)26-14/h9,11,13,16,20,36H,5-8H2,1-4H3,(H2,25,26)(H,27,32)/b30-15-/t11?,16-,20+/m1/s1. The lowest BCUT2D eigenvalue weighted by Crippen LogP contribution is -2.71. The number of thiazole rings is 1. The summed E-state index contributed by atoms with van der Waals surface area (Å²) in [4.78, 5) is 57.0. The van der Waals surface area contributed by atoms with E-state index in [-0.39, 0.29) is 22.6 Å². The van der Waals surface area contributed by atoms with Crippen molar-refractivity contribution in [1.82, 2.24) is 25.4 Å². The fourth-order valence-electron chi connectivity index (χ4n) is 4.07. The highest BCUT2D eigenvalue weighted by molar-refractivity contribution is 8.01. The number of nitrogens with two attached hydrogens (primary N) is 1. The summed E-state index contributed by atoms with van der Waals surface area (Å²) in [6.07, 6.45) is -1.43. The minimum absolute atomic E-state index is 0.0138. The van der Waals surface area contributed by atoms with Gasteiger partial charge in [0.05, 0.1) is 0 Å². The number of carbonyl (C=O) groups is 4. The molecule has 1 fully saturated rings. The SMILES string of the molecule is CCC(CC)OC(=O)OC(C)OC(=O)C1=C(CSc2nnc(C)s2)CS[C@H]2[C@H](NC(=O)/C(=N\O)c3csc(N)n3)C(=O)N12. The highest BCUT2D eigenvalue weighted by Gasteiger charge is 2.55. The van der Waals surface area contributed by atoms with Crippen LogP contribution in [0, 0.1) is 6.92 Å². The Morgan fingerprint density at radius 2 is 2.00 bits per heavy atom. The lowest BCUT2D eigenvalue weighted by Gasteiger charge is -2.49. The van der Waals surface area contributed by atoms with Crippen LogP contribution in [0.1, 0.15) is 44.3 Å². The summed E-state index contributed by atoms with van der Waals surface area (Å²) in [6.45, 7) is 6.92. The molecule has 15 nitrogen and oxygen atoms in total. The Bertz CT molecular complexity index is 1440. The predicted octanol–water partition coefficient (Wildman–Crippen LogP) is 2.74. The normalized spacial score (nSPS) is 19.0. The highest BCUT2D eigenvalue weighted by atomic mass is 32.2. The number of hydrogen-bond acceptors (Lipinski definition) is 17. The number of hydrogen-bond donors (Lipinski definition) is 3. The topological polar surface area (TPSA) is 209 Å².